The van der Waals surface area contributed by atoms with Crippen LogP contribution in [0.5, 0.6) is 0 Å². The van der Waals surface area contributed by atoms with E-state index in [0.29, 0.717) is 0 Å². The Balaban J connectivity index is 1.94. The molecule has 4 rings (SSSR count). The Morgan fingerprint density at radius 2 is 1.78 bits per heavy atom. The molecule has 2 aromatic carbocycles. The molecule has 0 fully saturated rings. The maximum atomic E-state index is 5.03. The number of para-hydroxylation sites is 1. The second-order valence-electron chi connectivity index (χ2n) is 7.00. The first-order valence-corrected chi connectivity index (χ1v) is 8.08. The van der Waals surface area contributed by atoms with E-state index in [1.807, 2.05) is 12.1 Å². The van der Waals surface area contributed by atoms with Gasteiger partial charge in [0.25, 0.3) is 0 Å². The minimum absolute atomic E-state index is 0.0923. The second-order valence-corrected chi connectivity index (χ2v) is 7.00. The zero-order chi connectivity index (χ0) is 16.0. The standard InChI is InChI=1S/C21H20N2/c1-14-8-9-16-13-21(2,3)23-20(17(16)12-14)19-11-10-15-6-4-5-7-18(15)22-19/h4-12H,13H2,1-3H3. The van der Waals surface area contributed by atoms with Gasteiger partial charge in [-0.1, -0.05) is 42.0 Å². The van der Waals surface area contributed by atoms with Crippen LogP contribution in [0.2, 0.25) is 0 Å². The first-order valence-electron chi connectivity index (χ1n) is 8.08. The van der Waals surface area contributed by atoms with Crippen LogP contribution in [0.15, 0.2) is 59.6 Å². The van der Waals surface area contributed by atoms with Crippen molar-refractivity contribution in [3.05, 3.63) is 77.0 Å². The molecular formula is C21H20N2. The van der Waals surface area contributed by atoms with Gasteiger partial charge in [0.2, 0.25) is 0 Å². The molecule has 2 heteroatoms. The number of aryl methyl sites for hydroxylation is 1. The quantitative estimate of drug-likeness (QED) is 0.638. The average molecular weight is 300 g/mol. The molecule has 0 aliphatic carbocycles. The van der Waals surface area contributed by atoms with Gasteiger partial charge in [-0.15, -0.1) is 0 Å². The summed E-state index contributed by atoms with van der Waals surface area (Å²) in [6, 6.07) is 19.1. The molecule has 0 atom stereocenters. The number of rotatable bonds is 1. The van der Waals surface area contributed by atoms with Crippen molar-refractivity contribution < 1.29 is 0 Å². The molecule has 1 aromatic heterocycles. The number of hydrogen-bond donors (Lipinski definition) is 0. The summed E-state index contributed by atoms with van der Waals surface area (Å²) in [5.74, 6) is 0. The van der Waals surface area contributed by atoms with Crippen LogP contribution in [0.1, 0.15) is 36.2 Å². The molecule has 3 aromatic rings. The van der Waals surface area contributed by atoms with Gasteiger partial charge in [0.15, 0.2) is 0 Å². The van der Waals surface area contributed by atoms with E-state index in [1.165, 1.54) is 16.7 Å². The lowest BCUT2D eigenvalue weighted by atomic mass is 9.85. The topological polar surface area (TPSA) is 25.2 Å². The zero-order valence-electron chi connectivity index (χ0n) is 13.8. The molecule has 0 bridgehead atoms. The van der Waals surface area contributed by atoms with Gasteiger partial charge in [0.1, 0.15) is 0 Å². The Morgan fingerprint density at radius 1 is 0.957 bits per heavy atom. The van der Waals surface area contributed by atoms with E-state index in [0.717, 1.165) is 28.7 Å². The van der Waals surface area contributed by atoms with Gasteiger partial charge in [-0.3, -0.25) is 4.99 Å². The third-order valence-corrected chi connectivity index (χ3v) is 4.40. The van der Waals surface area contributed by atoms with E-state index in [9.17, 15) is 0 Å². The predicted molar refractivity (Wildman–Crippen MR) is 96.3 cm³/mol. The van der Waals surface area contributed by atoms with Crippen LogP contribution in [-0.2, 0) is 6.42 Å². The molecule has 0 N–H and O–H groups in total. The van der Waals surface area contributed by atoms with Crippen molar-refractivity contribution in [1.29, 1.82) is 0 Å². The molecule has 0 spiro atoms. The molecular weight excluding hydrogens is 280 g/mol. The average Bonchev–Trinajstić information content (AvgIpc) is 2.53. The summed E-state index contributed by atoms with van der Waals surface area (Å²) in [6.07, 6.45) is 0.972. The molecule has 2 nitrogen and oxygen atoms in total. The summed E-state index contributed by atoms with van der Waals surface area (Å²) in [5, 5.41) is 1.16. The molecule has 114 valence electrons. The highest BCUT2D eigenvalue weighted by Gasteiger charge is 2.28. The van der Waals surface area contributed by atoms with E-state index in [4.69, 9.17) is 9.98 Å². The lowest BCUT2D eigenvalue weighted by molar-refractivity contribution is 0.513. The first kappa shape index (κ1) is 14.1. The first-order chi connectivity index (χ1) is 11.0. The maximum absolute atomic E-state index is 5.03. The van der Waals surface area contributed by atoms with Crippen molar-refractivity contribution in [2.24, 2.45) is 4.99 Å². The van der Waals surface area contributed by atoms with E-state index in [1.54, 1.807) is 0 Å². The van der Waals surface area contributed by atoms with Crippen LogP contribution in [0.25, 0.3) is 10.9 Å². The zero-order valence-corrected chi connectivity index (χ0v) is 13.8. The van der Waals surface area contributed by atoms with Gasteiger partial charge in [-0.25, -0.2) is 4.98 Å². The van der Waals surface area contributed by atoms with Gasteiger partial charge in [0, 0.05) is 10.9 Å². The summed E-state index contributed by atoms with van der Waals surface area (Å²) in [5.41, 5.74) is 6.76. The number of hydrogen-bond acceptors (Lipinski definition) is 2. The number of benzene rings is 2. The van der Waals surface area contributed by atoms with Crippen LogP contribution in [0, 0.1) is 6.92 Å². The Morgan fingerprint density at radius 3 is 2.65 bits per heavy atom. The number of fused-ring (bicyclic) bond motifs is 2. The Hall–Kier alpha value is -2.48. The van der Waals surface area contributed by atoms with Crippen molar-refractivity contribution in [3.8, 4) is 0 Å². The Kier molecular flexibility index (Phi) is 3.08. The highest BCUT2D eigenvalue weighted by atomic mass is 14.9. The fourth-order valence-corrected chi connectivity index (χ4v) is 3.33. The largest absolute Gasteiger partial charge is 0.276 e. The van der Waals surface area contributed by atoms with Crippen LogP contribution in [0.3, 0.4) is 0 Å². The molecule has 23 heavy (non-hydrogen) atoms. The van der Waals surface area contributed by atoms with Crippen molar-refractivity contribution >= 4 is 16.6 Å². The second kappa shape index (κ2) is 5.02. The third kappa shape index (κ3) is 2.55. The van der Waals surface area contributed by atoms with Gasteiger partial charge in [-0.2, -0.15) is 0 Å². The van der Waals surface area contributed by atoms with E-state index >= 15 is 0 Å². The minimum atomic E-state index is -0.0923. The van der Waals surface area contributed by atoms with E-state index in [-0.39, 0.29) is 5.54 Å². The van der Waals surface area contributed by atoms with Crippen molar-refractivity contribution in [2.75, 3.05) is 0 Å². The van der Waals surface area contributed by atoms with Gasteiger partial charge >= 0.3 is 0 Å². The lowest BCUT2D eigenvalue weighted by Gasteiger charge is -2.29. The maximum Gasteiger partial charge on any atom is 0.0912 e. The molecule has 2 heterocycles. The monoisotopic (exact) mass is 300 g/mol. The molecule has 0 saturated heterocycles. The van der Waals surface area contributed by atoms with Crippen LogP contribution in [0.4, 0.5) is 0 Å². The fourth-order valence-electron chi connectivity index (χ4n) is 3.33. The lowest BCUT2D eigenvalue weighted by Crippen LogP contribution is -2.29. The van der Waals surface area contributed by atoms with Gasteiger partial charge in [0.05, 0.1) is 22.5 Å². The van der Waals surface area contributed by atoms with Gasteiger partial charge in [-0.05, 0) is 51.0 Å². The Bertz CT molecular complexity index is 935. The van der Waals surface area contributed by atoms with Crippen molar-refractivity contribution in [1.82, 2.24) is 4.98 Å². The number of aromatic nitrogens is 1. The number of pyridine rings is 1. The van der Waals surface area contributed by atoms with Crippen LogP contribution in [-0.4, -0.2) is 16.2 Å². The molecule has 0 unspecified atom stereocenters. The minimum Gasteiger partial charge on any atom is -0.276 e. The molecule has 0 radical (unpaired) electrons. The summed E-state index contributed by atoms with van der Waals surface area (Å²) in [6.45, 7) is 6.51. The third-order valence-electron chi connectivity index (χ3n) is 4.40. The highest BCUT2D eigenvalue weighted by Crippen LogP contribution is 2.30. The van der Waals surface area contributed by atoms with Crippen molar-refractivity contribution in [3.63, 3.8) is 0 Å². The smallest absolute Gasteiger partial charge is 0.0912 e. The summed E-state index contributed by atoms with van der Waals surface area (Å²) in [4.78, 5) is 9.89. The Labute approximate surface area is 136 Å². The molecule has 0 saturated carbocycles. The predicted octanol–water partition coefficient (Wildman–Crippen LogP) is 4.72. The van der Waals surface area contributed by atoms with E-state index < -0.39 is 0 Å². The van der Waals surface area contributed by atoms with Crippen LogP contribution < -0.4 is 0 Å². The SMILES string of the molecule is Cc1ccc2c(c1)C(c1ccc3ccccc3n1)=NC(C)(C)C2. The summed E-state index contributed by atoms with van der Waals surface area (Å²) < 4.78 is 0. The molecule has 1 aliphatic rings. The number of nitrogens with zero attached hydrogens (tertiary/aromatic N) is 2. The van der Waals surface area contributed by atoms with Crippen molar-refractivity contribution in [2.45, 2.75) is 32.7 Å². The number of aliphatic imine (C=N–C) groups is 1. The van der Waals surface area contributed by atoms with E-state index in [2.05, 4.69) is 63.2 Å². The van der Waals surface area contributed by atoms with Gasteiger partial charge < -0.3 is 0 Å². The fraction of sp³-hybridized carbons (Fsp3) is 0.238. The normalized spacial score (nSPS) is 16.0. The summed E-state index contributed by atoms with van der Waals surface area (Å²) >= 11 is 0. The van der Waals surface area contributed by atoms with Crippen LogP contribution >= 0.6 is 0 Å². The molecule has 0 amide bonds. The highest BCUT2D eigenvalue weighted by molar-refractivity contribution is 6.14. The summed E-state index contributed by atoms with van der Waals surface area (Å²) in [7, 11) is 0. The molecule has 1 aliphatic heterocycles.